The highest BCUT2D eigenvalue weighted by atomic mass is 16.6. The Kier molecular flexibility index (Phi) is 4.05. The Bertz CT molecular complexity index is 638. The Morgan fingerprint density at radius 1 is 1.00 bits per heavy atom. The van der Waals surface area contributed by atoms with Gasteiger partial charge in [0.1, 0.15) is 13.2 Å². The third-order valence-electron chi connectivity index (χ3n) is 3.49. The van der Waals surface area contributed by atoms with Crippen LogP contribution < -0.4 is 9.47 Å². The molecule has 0 amide bonds. The van der Waals surface area contributed by atoms with E-state index in [0.29, 0.717) is 31.1 Å². The highest BCUT2D eigenvalue weighted by molar-refractivity contribution is 6.00. The number of aryl methyl sites for hydroxylation is 1. The van der Waals surface area contributed by atoms with E-state index >= 15 is 0 Å². The Morgan fingerprint density at radius 3 is 2.52 bits per heavy atom. The zero-order valence-corrected chi connectivity index (χ0v) is 11.7. The van der Waals surface area contributed by atoms with Crippen LogP contribution in [0.5, 0.6) is 11.5 Å². The summed E-state index contributed by atoms with van der Waals surface area (Å²) in [7, 11) is 0. The van der Waals surface area contributed by atoms with E-state index in [1.807, 2.05) is 36.4 Å². The summed E-state index contributed by atoms with van der Waals surface area (Å²) >= 11 is 0. The van der Waals surface area contributed by atoms with Crippen molar-refractivity contribution in [2.24, 2.45) is 5.16 Å². The highest BCUT2D eigenvalue weighted by Gasteiger charge is 2.14. The SMILES string of the molecule is O/N=C(\CCc1ccccc1)c1ccc2c(c1)OCCO2. The molecule has 4 heteroatoms. The van der Waals surface area contributed by atoms with Gasteiger partial charge < -0.3 is 14.7 Å². The molecule has 0 aliphatic carbocycles. The Labute approximate surface area is 123 Å². The van der Waals surface area contributed by atoms with Crippen molar-refractivity contribution in [3.8, 4) is 11.5 Å². The van der Waals surface area contributed by atoms with Gasteiger partial charge in [-0.1, -0.05) is 35.5 Å². The normalized spacial score (nSPS) is 14.0. The monoisotopic (exact) mass is 283 g/mol. The van der Waals surface area contributed by atoms with Gasteiger partial charge in [0.05, 0.1) is 5.71 Å². The van der Waals surface area contributed by atoms with Gasteiger partial charge in [-0.15, -0.1) is 0 Å². The van der Waals surface area contributed by atoms with Gasteiger partial charge in [-0.25, -0.2) is 0 Å². The lowest BCUT2D eigenvalue weighted by Crippen LogP contribution is -2.16. The van der Waals surface area contributed by atoms with E-state index < -0.39 is 0 Å². The molecule has 0 saturated heterocycles. The molecule has 4 nitrogen and oxygen atoms in total. The van der Waals surface area contributed by atoms with Crippen molar-refractivity contribution in [2.45, 2.75) is 12.8 Å². The molecule has 1 N–H and O–H groups in total. The van der Waals surface area contributed by atoms with Gasteiger partial charge >= 0.3 is 0 Å². The van der Waals surface area contributed by atoms with E-state index in [1.54, 1.807) is 0 Å². The number of oxime groups is 1. The number of ether oxygens (including phenoxy) is 2. The predicted molar refractivity (Wildman–Crippen MR) is 80.5 cm³/mol. The van der Waals surface area contributed by atoms with Crippen LogP contribution in [0.15, 0.2) is 53.7 Å². The molecule has 0 radical (unpaired) electrons. The molecular weight excluding hydrogens is 266 g/mol. The molecule has 0 fully saturated rings. The zero-order valence-electron chi connectivity index (χ0n) is 11.7. The van der Waals surface area contributed by atoms with Crippen molar-refractivity contribution < 1.29 is 14.7 Å². The second-order valence-electron chi connectivity index (χ2n) is 4.89. The summed E-state index contributed by atoms with van der Waals surface area (Å²) < 4.78 is 11.1. The first-order chi connectivity index (χ1) is 10.4. The summed E-state index contributed by atoms with van der Waals surface area (Å²) in [5, 5.41) is 12.7. The molecule has 3 rings (SSSR count). The average molecular weight is 283 g/mol. The third-order valence-corrected chi connectivity index (χ3v) is 3.49. The van der Waals surface area contributed by atoms with Crippen molar-refractivity contribution in [3.05, 3.63) is 59.7 Å². The standard InChI is InChI=1S/C17H17NO3/c19-18-15(8-6-13-4-2-1-3-5-13)14-7-9-16-17(12-14)21-11-10-20-16/h1-5,7,9,12,19H,6,8,10-11H2/b18-15+. The van der Waals surface area contributed by atoms with E-state index in [4.69, 9.17) is 9.47 Å². The maximum absolute atomic E-state index is 9.28. The first-order valence-electron chi connectivity index (χ1n) is 7.02. The van der Waals surface area contributed by atoms with Gasteiger partial charge in [0, 0.05) is 5.56 Å². The summed E-state index contributed by atoms with van der Waals surface area (Å²) in [4.78, 5) is 0. The molecule has 1 heterocycles. The summed E-state index contributed by atoms with van der Waals surface area (Å²) in [6.45, 7) is 1.12. The minimum Gasteiger partial charge on any atom is -0.486 e. The number of fused-ring (bicyclic) bond motifs is 1. The maximum atomic E-state index is 9.28. The van der Waals surface area contributed by atoms with Crippen LogP contribution in [0.1, 0.15) is 17.5 Å². The molecule has 1 aliphatic rings. The molecule has 2 aromatic rings. The van der Waals surface area contributed by atoms with E-state index in [-0.39, 0.29) is 0 Å². The maximum Gasteiger partial charge on any atom is 0.162 e. The number of hydrogen-bond acceptors (Lipinski definition) is 4. The minimum absolute atomic E-state index is 0.548. The van der Waals surface area contributed by atoms with E-state index in [0.717, 1.165) is 17.7 Å². The summed E-state index contributed by atoms with van der Waals surface area (Å²) in [5.41, 5.74) is 2.73. The lowest BCUT2D eigenvalue weighted by molar-refractivity contribution is 0.171. The number of hydrogen-bond donors (Lipinski definition) is 1. The molecule has 0 spiro atoms. The second-order valence-corrected chi connectivity index (χ2v) is 4.89. The fourth-order valence-corrected chi connectivity index (χ4v) is 2.38. The number of rotatable bonds is 4. The average Bonchev–Trinajstić information content (AvgIpc) is 2.56. The van der Waals surface area contributed by atoms with Crippen LogP contribution >= 0.6 is 0 Å². The van der Waals surface area contributed by atoms with Crippen molar-refractivity contribution in [3.63, 3.8) is 0 Å². The van der Waals surface area contributed by atoms with E-state index in [1.165, 1.54) is 5.56 Å². The summed E-state index contributed by atoms with van der Waals surface area (Å²) in [5.74, 6) is 1.45. The van der Waals surface area contributed by atoms with Crippen LogP contribution in [0.2, 0.25) is 0 Å². The number of benzene rings is 2. The molecule has 108 valence electrons. The highest BCUT2D eigenvalue weighted by Crippen LogP contribution is 2.31. The fourth-order valence-electron chi connectivity index (χ4n) is 2.38. The largest absolute Gasteiger partial charge is 0.486 e. The minimum atomic E-state index is 0.548. The zero-order chi connectivity index (χ0) is 14.5. The first kappa shape index (κ1) is 13.5. The van der Waals surface area contributed by atoms with Crippen LogP contribution in [0, 0.1) is 0 Å². The van der Waals surface area contributed by atoms with Crippen LogP contribution in [0.4, 0.5) is 0 Å². The quantitative estimate of drug-likeness (QED) is 0.532. The molecule has 0 saturated carbocycles. The summed E-state index contributed by atoms with van der Waals surface area (Å²) in [6, 6.07) is 15.8. The molecule has 2 aromatic carbocycles. The molecular formula is C17H17NO3. The van der Waals surface area contributed by atoms with Crippen LogP contribution in [0.3, 0.4) is 0 Å². The van der Waals surface area contributed by atoms with Gasteiger partial charge in [0.15, 0.2) is 11.5 Å². The van der Waals surface area contributed by atoms with Gasteiger partial charge in [-0.2, -0.15) is 0 Å². The Morgan fingerprint density at radius 2 is 1.76 bits per heavy atom. The van der Waals surface area contributed by atoms with Gasteiger partial charge in [-0.05, 0) is 36.6 Å². The topological polar surface area (TPSA) is 51.1 Å². The molecule has 1 aliphatic heterocycles. The fraction of sp³-hybridized carbons (Fsp3) is 0.235. The smallest absolute Gasteiger partial charge is 0.162 e. The molecule has 0 atom stereocenters. The second kappa shape index (κ2) is 6.31. The van der Waals surface area contributed by atoms with Crippen LogP contribution in [0.25, 0.3) is 0 Å². The van der Waals surface area contributed by atoms with Gasteiger partial charge in [-0.3, -0.25) is 0 Å². The summed E-state index contributed by atoms with van der Waals surface area (Å²) in [6.07, 6.45) is 1.49. The van der Waals surface area contributed by atoms with Crippen molar-refractivity contribution in [1.82, 2.24) is 0 Å². The van der Waals surface area contributed by atoms with Crippen LogP contribution in [-0.2, 0) is 6.42 Å². The lowest BCUT2D eigenvalue weighted by atomic mass is 10.0. The molecule has 0 unspecified atom stereocenters. The predicted octanol–water partition coefficient (Wildman–Crippen LogP) is 3.27. The molecule has 0 aromatic heterocycles. The van der Waals surface area contributed by atoms with Crippen molar-refractivity contribution in [1.29, 1.82) is 0 Å². The van der Waals surface area contributed by atoms with Crippen molar-refractivity contribution in [2.75, 3.05) is 13.2 Å². The molecule has 21 heavy (non-hydrogen) atoms. The third kappa shape index (κ3) is 3.16. The number of nitrogens with zero attached hydrogens (tertiary/aromatic N) is 1. The van der Waals surface area contributed by atoms with E-state index in [9.17, 15) is 5.21 Å². The Hall–Kier alpha value is -2.49. The Balaban J connectivity index is 1.74. The van der Waals surface area contributed by atoms with Gasteiger partial charge in [0.25, 0.3) is 0 Å². The lowest BCUT2D eigenvalue weighted by Gasteiger charge is -2.19. The van der Waals surface area contributed by atoms with Crippen LogP contribution in [-0.4, -0.2) is 24.1 Å². The first-order valence-corrected chi connectivity index (χ1v) is 7.02. The van der Waals surface area contributed by atoms with E-state index in [2.05, 4.69) is 17.3 Å². The van der Waals surface area contributed by atoms with Crippen molar-refractivity contribution >= 4 is 5.71 Å². The molecule has 0 bridgehead atoms. The van der Waals surface area contributed by atoms with Gasteiger partial charge in [0.2, 0.25) is 0 Å².